The van der Waals surface area contributed by atoms with Gasteiger partial charge in [0.25, 0.3) is 0 Å². The Labute approximate surface area is 106 Å². The molecule has 16 heavy (non-hydrogen) atoms. The first kappa shape index (κ1) is 11.6. The van der Waals surface area contributed by atoms with Crippen LogP contribution < -0.4 is 5.73 Å². The second-order valence-corrected chi connectivity index (χ2v) is 5.53. The van der Waals surface area contributed by atoms with Crippen molar-refractivity contribution in [2.75, 3.05) is 5.73 Å². The minimum Gasteiger partial charge on any atom is -0.380 e. The lowest BCUT2D eigenvalue weighted by atomic mass is 9.95. The summed E-state index contributed by atoms with van der Waals surface area (Å²) in [6, 6.07) is 7.57. The number of hydrogen-bond acceptors (Lipinski definition) is 4. The highest BCUT2D eigenvalue weighted by Gasteiger charge is 2.29. The van der Waals surface area contributed by atoms with Gasteiger partial charge in [-0.2, -0.15) is 0 Å². The van der Waals surface area contributed by atoms with Crippen LogP contribution in [0.4, 0.5) is 5.13 Å². The smallest absolute Gasteiger partial charge is 0.180 e. The molecule has 0 radical (unpaired) electrons. The zero-order chi connectivity index (χ0) is 11.8. The van der Waals surface area contributed by atoms with E-state index < -0.39 is 5.60 Å². The highest BCUT2D eigenvalue weighted by molar-refractivity contribution is 9.10. The molecule has 1 aromatic heterocycles. The van der Waals surface area contributed by atoms with E-state index in [1.807, 2.05) is 24.3 Å². The van der Waals surface area contributed by atoms with Gasteiger partial charge in [-0.1, -0.05) is 45.5 Å². The first-order valence-corrected chi connectivity index (χ1v) is 6.32. The largest absolute Gasteiger partial charge is 0.380 e. The molecule has 1 heterocycles. The van der Waals surface area contributed by atoms with Gasteiger partial charge in [-0.25, -0.2) is 4.98 Å². The molecule has 2 aromatic rings. The zero-order valence-electron chi connectivity index (χ0n) is 8.64. The molecule has 1 unspecified atom stereocenters. The van der Waals surface area contributed by atoms with E-state index in [9.17, 15) is 5.11 Å². The van der Waals surface area contributed by atoms with Gasteiger partial charge in [0, 0.05) is 16.2 Å². The Bertz CT molecular complexity index is 510. The van der Waals surface area contributed by atoms with Gasteiger partial charge in [-0.05, 0) is 13.0 Å². The van der Waals surface area contributed by atoms with Gasteiger partial charge in [0.1, 0.15) is 5.60 Å². The lowest BCUT2D eigenvalue weighted by molar-refractivity contribution is 0.105. The Hall–Kier alpha value is -0.910. The van der Waals surface area contributed by atoms with Crippen LogP contribution in [0.5, 0.6) is 0 Å². The van der Waals surface area contributed by atoms with Crippen molar-refractivity contribution < 1.29 is 5.11 Å². The number of anilines is 1. The van der Waals surface area contributed by atoms with E-state index in [0.29, 0.717) is 5.13 Å². The molecule has 0 amide bonds. The van der Waals surface area contributed by atoms with E-state index in [0.717, 1.165) is 14.9 Å². The van der Waals surface area contributed by atoms with Gasteiger partial charge < -0.3 is 10.8 Å². The summed E-state index contributed by atoms with van der Waals surface area (Å²) in [5.41, 5.74) is 5.31. The molecule has 0 aliphatic heterocycles. The van der Waals surface area contributed by atoms with Crippen molar-refractivity contribution in [3.63, 3.8) is 0 Å². The summed E-state index contributed by atoms with van der Waals surface area (Å²) in [6.07, 6.45) is 1.61. The number of rotatable bonds is 2. The SMILES string of the molecule is CC(O)(c1cnc(N)s1)c1ccccc1Br. The maximum Gasteiger partial charge on any atom is 0.180 e. The van der Waals surface area contributed by atoms with Crippen LogP contribution in [0.2, 0.25) is 0 Å². The molecule has 1 atom stereocenters. The van der Waals surface area contributed by atoms with Gasteiger partial charge in [0.05, 0.1) is 4.88 Å². The highest BCUT2D eigenvalue weighted by atomic mass is 79.9. The molecule has 3 N–H and O–H groups in total. The number of hydrogen-bond donors (Lipinski definition) is 2. The van der Waals surface area contributed by atoms with E-state index >= 15 is 0 Å². The molecule has 5 heteroatoms. The van der Waals surface area contributed by atoms with Crippen LogP contribution in [0.15, 0.2) is 34.9 Å². The third-order valence-electron chi connectivity index (χ3n) is 2.40. The summed E-state index contributed by atoms with van der Waals surface area (Å²) in [5, 5.41) is 11.0. The lowest BCUT2D eigenvalue weighted by Gasteiger charge is -2.23. The number of halogens is 1. The van der Waals surface area contributed by atoms with Crippen molar-refractivity contribution in [3.05, 3.63) is 45.4 Å². The first-order chi connectivity index (χ1) is 7.51. The number of nitrogen functional groups attached to an aromatic ring is 1. The summed E-state index contributed by atoms with van der Waals surface area (Å²) >= 11 is 4.72. The summed E-state index contributed by atoms with van der Waals surface area (Å²) < 4.78 is 0.868. The molecule has 0 aliphatic carbocycles. The number of nitrogens with two attached hydrogens (primary N) is 1. The van der Waals surface area contributed by atoms with Crippen LogP contribution in [-0.2, 0) is 5.60 Å². The van der Waals surface area contributed by atoms with E-state index in [1.165, 1.54) is 11.3 Å². The second-order valence-electron chi connectivity index (χ2n) is 3.61. The highest BCUT2D eigenvalue weighted by Crippen LogP contribution is 2.36. The fourth-order valence-electron chi connectivity index (χ4n) is 1.50. The molecule has 0 saturated carbocycles. The van der Waals surface area contributed by atoms with Crippen molar-refractivity contribution in [3.8, 4) is 0 Å². The fraction of sp³-hybridized carbons (Fsp3) is 0.182. The summed E-state index contributed by atoms with van der Waals surface area (Å²) in [6.45, 7) is 1.74. The van der Waals surface area contributed by atoms with Gasteiger partial charge >= 0.3 is 0 Å². The average Bonchev–Trinajstić information content (AvgIpc) is 2.66. The lowest BCUT2D eigenvalue weighted by Crippen LogP contribution is -2.21. The van der Waals surface area contributed by atoms with Crippen LogP contribution in [0.25, 0.3) is 0 Å². The molecule has 1 aromatic carbocycles. The molecule has 0 bridgehead atoms. The monoisotopic (exact) mass is 298 g/mol. The van der Waals surface area contributed by atoms with Crippen molar-refractivity contribution in [2.45, 2.75) is 12.5 Å². The predicted octanol–water partition coefficient (Wildman–Crippen LogP) is 2.74. The van der Waals surface area contributed by atoms with Crippen LogP contribution in [-0.4, -0.2) is 10.1 Å². The van der Waals surface area contributed by atoms with Crippen LogP contribution in [0.1, 0.15) is 17.4 Å². The maximum absolute atomic E-state index is 10.5. The second kappa shape index (κ2) is 4.16. The van der Waals surface area contributed by atoms with Gasteiger partial charge in [0.2, 0.25) is 0 Å². The Morgan fingerprint density at radius 2 is 2.12 bits per heavy atom. The molecule has 0 spiro atoms. The Kier molecular flexibility index (Phi) is 3.01. The molecule has 0 aliphatic rings. The van der Waals surface area contributed by atoms with E-state index in [-0.39, 0.29) is 0 Å². The molecule has 0 fully saturated rings. The predicted molar refractivity (Wildman–Crippen MR) is 69.3 cm³/mol. The summed E-state index contributed by atoms with van der Waals surface area (Å²) in [4.78, 5) is 4.69. The number of aliphatic hydroxyl groups is 1. The standard InChI is InChI=1S/C11H11BrN2OS/c1-11(15,9-6-14-10(13)16-9)7-4-2-3-5-8(7)12/h2-6,15H,1H3,(H2,13,14). The van der Waals surface area contributed by atoms with Crippen molar-refractivity contribution in [1.82, 2.24) is 4.98 Å². The van der Waals surface area contributed by atoms with E-state index in [4.69, 9.17) is 5.73 Å². The Morgan fingerprint density at radius 1 is 1.44 bits per heavy atom. The number of thiazole rings is 1. The minimum absolute atomic E-state index is 0.460. The van der Waals surface area contributed by atoms with Gasteiger partial charge in [0.15, 0.2) is 5.13 Å². The zero-order valence-corrected chi connectivity index (χ0v) is 11.0. The molecule has 0 saturated heterocycles. The third kappa shape index (κ3) is 1.98. The molecule has 3 nitrogen and oxygen atoms in total. The molecule has 84 valence electrons. The molecular weight excluding hydrogens is 288 g/mol. The first-order valence-electron chi connectivity index (χ1n) is 4.71. The topological polar surface area (TPSA) is 59.1 Å². The molecular formula is C11H11BrN2OS. The van der Waals surface area contributed by atoms with Crippen molar-refractivity contribution in [1.29, 1.82) is 0 Å². The quantitative estimate of drug-likeness (QED) is 0.896. The number of nitrogens with zero attached hydrogens (tertiary/aromatic N) is 1. The summed E-state index contributed by atoms with van der Waals surface area (Å²) in [7, 11) is 0. The van der Waals surface area contributed by atoms with Crippen molar-refractivity contribution >= 4 is 32.4 Å². The van der Waals surface area contributed by atoms with Crippen molar-refractivity contribution in [2.24, 2.45) is 0 Å². The van der Waals surface area contributed by atoms with Crippen LogP contribution in [0.3, 0.4) is 0 Å². The fourth-order valence-corrected chi connectivity index (χ4v) is 2.92. The Morgan fingerprint density at radius 3 is 2.69 bits per heavy atom. The van der Waals surface area contributed by atoms with Crippen LogP contribution >= 0.6 is 27.3 Å². The minimum atomic E-state index is -1.07. The van der Waals surface area contributed by atoms with Crippen LogP contribution in [0, 0.1) is 0 Å². The third-order valence-corrected chi connectivity index (χ3v) is 4.13. The summed E-state index contributed by atoms with van der Waals surface area (Å²) in [5.74, 6) is 0. The number of aromatic nitrogens is 1. The van der Waals surface area contributed by atoms with E-state index in [1.54, 1.807) is 13.1 Å². The average molecular weight is 299 g/mol. The van der Waals surface area contributed by atoms with Gasteiger partial charge in [-0.3, -0.25) is 0 Å². The number of benzene rings is 1. The molecule has 2 rings (SSSR count). The Balaban J connectivity index is 2.50. The van der Waals surface area contributed by atoms with Gasteiger partial charge in [-0.15, -0.1) is 0 Å². The normalized spacial score (nSPS) is 14.7. The maximum atomic E-state index is 10.5. The van der Waals surface area contributed by atoms with E-state index in [2.05, 4.69) is 20.9 Å².